The Morgan fingerprint density at radius 1 is 1.16 bits per heavy atom. The Bertz CT molecular complexity index is 612. The molecule has 1 amide bonds. The van der Waals surface area contributed by atoms with E-state index in [1.165, 1.54) is 0 Å². The van der Waals surface area contributed by atoms with Crippen LogP contribution in [0.25, 0.3) is 0 Å². The van der Waals surface area contributed by atoms with Crippen LogP contribution in [0.3, 0.4) is 0 Å². The van der Waals surface area contributed by atoms with Gasteiger partial charge in [-0.05, 0) is 62.8 Å². The van der Waals surface area contributed by atoms with Crippen LogP contribution in [0.15, 0.2) is 12.1 Å². The number of carboxylic acids is 1. The first-order valence-electron chi connectivity index (χ1n) is 8.59. The van der Waals surface area contributed by atoms with E-state index in [4.69, 9.17) is 14.6 Å². The maximum Gasteiger partial charge on any atom is 0.341 e. The molecule has 0 saturated heterocycles. The Labute approximate surface area is 148 Å². The molecule has 1 aliphatic carbocycles. The molecular weight excluding hydrogens is 322 g/mol. The van der Waals surface area contributed by atoms with Gasteiger partial charge in [0.15, 0.2) is 6.61 Å². The molecule has 0 bridgehead atoms. The van der Waals surface area contributed by atoms with Gasteiger partial charge in [0.2, 0.25) is 0 Å². The number of amides is 1. The zero-order chi connectivity index (χ0) is 18.6. The summed E-state index contributed by atoms with van der Waals surface area (Å²) in [5.41, 5.74) is 2.14. The van der Waals surface area contributed by atoms with Crippen LogP contribution in [-0.2, 0) is 9.53 Å². The van der Waals surface area contributed by atoms with Gasteiger partial charge in [0.25, 0.3) is 5.91 Å². The van der Waals surface area contributed by atoms with Crippen molar-refractivity contribution in [2.24, 2.45) is 0 Å². The molecule has 138 valence electrons. The Hall–Kier alpha value is -2.08. The summed E-state index contributed by atoms with van der Waals surface area (Å²) < 4.78 is 10.7. The van der Waals surface area contributed by atoms with Crippen molar-refractivity contribution in [1.29, 1.82) is 0 Å². The fourth-order valence-electron chi connectivity index (χ4n) is 3.47. The van der Waals surface area contributed by atoms with E-state index in [1.54, 1.807) is 19.2 Å². The number of hydrogen-bond acceptors (Lipinski definition) is 4. The van der Waals surface area contributed by atoms with Crippen molar-refractivity contribution < 1.29 is 24.2 Å². The first-order valence-corrected chi connectivity index (χ1v) is 8.59. The summed E-state index contributed by atoms with van der Waals surface area (Å²) >= 11 is 0. The van der Waals surface area contributed by atoms with E-state index in [-0.39, 0.29) is 11.9 Å². The lowest BCUT2D eigenvalue weighted by Gasteiger charge is -2.34. The average molecular weight is 349 g/mol. The molecule has 2 rings (SSSR count). The maximum absolute atomic E-state index is 12.8. The van der Waals surface area contributed by atoms with Crippen molar-refractivity contribution in [3.8, 4) is 5.75 Å². The third-order valence-corrected chi connectivity index (χ3v) is 4.89. The molecule has 1 aliphatic rings. The average Bonchev–Trinajstić information content (AvgIpc) is 2.59. The number of aryl methyl sites for hydroxylation is 2. The molecule has 25 heavy (non-hydrogen) atoms. The van der Waals surface area contributed by atoms with E-state index in [0.717, 1.165) is 36.8 Å². The maximum atomic E-state index is 12.8. The zero-order valence-electron chi connectivity index (χ0n) is 15.4. The molecule has 0 atom stereocenters. The number of carboxylic acid groups (broad SMARTS) is 1. The summed E-state index contributed by atoms with van der Waals surface area (Å²) in [5.74, 6) is -0.510. The van der Waals surface area contributed by atoms with Gasteiger partial charge in [0, 0.05) is 25.8 Å². The van der Waals surface area contributed by atoms with Crippen LogP contribution in [0.4, 0.5) is 0 Å². The van der Waals surface area contributed by atoms with Gasteiger partial charge in [0.05, 0.1) is 6.10 Å². The van der Waals surface area contributed by atoms with Gasteiger partial charge in [-0.15, -0.1) is 0 Å². The van der Waals surface area contributed by atoms with Gasteiger partial charge in [-0.3, -0.25) is 4.79 Å². The van der Waals surface area contributed by atoms with Crippen LogP contribution in [0.1, 0.15) is 47.2 Å². The lowest BCUT2D eigenvalue weighted by atomic mass is 9.91. The predicted octanol–water partition coefficient (Wildman–Crippen LogP) is 2.80. The summed E-state index contributed by atoms with van der Waals surface area (Å²) in [5, 5.41) is 8.76. The molecule has 1 N–H and O–H groups in total. The second kappa shape index (κ2) is 8.34. The number of rotatable bonds is 6. The Morgan fingerprint density at radius 3 is 2.20 bits per heavy atom. The fourth-order valence-corrected chi connectivity index (χ4v) is 3.47. The van der Waals surface area contributed by atoms with E-state index in [9.17, 15) is 9.59 Å². The van der Waals surface area contributed by atoms with Crippen molar-refractivity contribution in [2.45, 2.75) is 51.7 Å². The van der Waals surface area contributed by atoms with Gasteiger partial charge in [-0.1, -0.05) is 0 Å². The molecule has 1 fully saturated rings. The lowest BCUT2D eigenvalue weighted by molar-refractivity contribution is -0.139. The smallest absolute Gasteiger partial charge is 0.341 e. The van der Waals surface area contributed by atoms with Crippen molar-refractivity contribution in [1.82, 2.24) is 4.90 Å². The molecule has 0 radical (unpaired) electrons. The minimum atomic E-state index is -1.02. The van der Waals surface area contributed by atoms with Crippen LogP contribution >= 0.6 is 0 Å². The van der Waals surface area contributed by atoms with Crippen molar-refractivity contribution in [3.05, 3.63) is 28.8 Å². The monoisotopic (exact) mass is 349 g/mol. The minimum absolute atomic E-state index is 0.0168. The van der Waals surface area contributed by atoms with Crippen LogP contribution in [0.5, 0.6) is 5.75 Å². The number of methoxy groups -OCH3 is 1. The number of nitrogens with zero attached hydrogens (tertiary/aromatic N) is 1. The third kappa shape index (κ3) is 4.72. The van der Waals surface area contributed by atoms with E-state index < -0.39 is 12.6 Å². The van der Waals surface area contributed by atoms with Gasteiger partial charge in [0.1, 0.15) is 5.75 Å². The number of hydrogen-bond donors (Lipinski definition) is 1. The highest BCUT2D eigenvalue weighted by molar-refractivity contribution is 5.95. The van der Waals surface area contributed by atoms with E-state index >= 15 is 0 Å². The summed E-state index contributed by atoms with van der Waals surface area (Å²) in [4.78, 5) is 25.3. The van der Waals surface area contributed by atoms with Gasteiger partial charge < -0.3 is 19.5 Å². The predicted molar refractivity (Wildman–Crippen MR) is 94.2 cm³/mol. The van der Waals surface area contributed by atoms with Crippen molar-refractivity contribution >= 4 is 11.9 Å². The number of aliphatic carboxylic acids is 1. The fraction of sp³-hybridized carbons (Fsp3) is 0.579. The molecule has 6 nitrogen and oxygen atoms in total. The van der Waals surface area contributed by atoms with E-state index in [0.29, 0.717) is 17.4 Å². The van der Waals surface area contributed by atoms with E-state index in [1.807, 2.05) is 25.8 Å². The Balaban J connectivity index is 2.10. The van der Waals surface area contributed by atoms with Gasteiger partial charge in [-0.2, -0.15) is 0 Å². The third-order valence-electron chi connectivity index (χ3n) is 4.89. The summed E-state index contributed by atoms with van der Waals surface area (Å²) in [7, 11) is 3.58. The number of carbonyl (C=O) groups excluding carboxylic acids is 1. The first-order chi connectivity index (χ1) is 11.8. The molecular formula is C19H27NO5. The quantitative estimate of drug-likeness (QED) is 0.855. The van der Waals surface area contributed by atoms with Crippen molar-refractivity contribution in [2.75, 3.05) is 20.8 Å². The number of benzene rings is 1. The molecule has 0 unspecified atom stereocenters. The Kier molecular flexibility index (Phi) is 6.42. The highest BCUT2D eigenvalue weighted by Crippen LogP contribution is 2.28. The summed E-state index contributed by atoms with van der Waals surface area (Å²) in [6.45, 7) is 3.26. The number of ether oxygens (including phenoxy) is 2. The minimum Gasteiger partial charge on any atom is -0.481 e. The largest absolute Gasteiger partial charge is 0.481 e. The normalized spacial score (nSPS) is 20.2. The number of carbonyl (C=O) groups is 2. The van der Waals surface area contributed by atoms with Crippen LogP contribution in [0.2, 0.25) is 0 Å². The van der Waals surface area contributed by atoms with Crippen LogP contribution < -0.4 is 4.74 Å². The SMILES string of the molecule is COC1CCC(N(C)C(=O)c2cc(C)c(OCC(=O)O)c(C)c2)CC1. The van der Waals surface area contributed by atoms with E-state index in [2.05, 4.69) is 0 Å². The molecule has 0 aromatic heterocycles. The summed E-state index contributed by atoms with van der Waals surface area (Å²) in [6, 6.07) is 3.76. The highest BCUT2D eigenvalue weighted by atomic mass is 16.5. The lowest BCUT2D eigenvalue weighted by Crippen LogP contribution is -2.40. The van der Waals surface area contributed by atoms with Crippen LogP contribution in [-0.4, -0.2) is 54.8 Å². The molecule has 1 saturated carbocycles. The second-order valence-corrected chi connectivity index (χ2v) is 6.70. The molecule has 6 heteroatoms. The Morgan fingerprint density at radius 2 is 1.72 bits per heavy atom. The molecule has 0 heterocycles. The summed E-state index contributed by atoms with van der Waals surface area (Å²) in [6.07, 6.45) is 4.13. The van der Waals surface area contributed by atoms with Crippen LogP contribution in [0, 0.1) is 13.8 Å². The van der Waals surface area contributed by atoms with Crippen molar-refractivity contribution in [3.63, 3.8) is 0 Å². The van der Waals surface area contributed by atoms with Gasteiger partial charge >= 0.3 is 5.97 Å². The zero-order valence-corrected chi connectivity index (χ0v) is 15.4. The standard InChI is InChI=1S/C19H27NO5/c1-12-9-14(10-13(2)18(12)25-11-17(21)22)19(23)20(3)15-5-7-16(24-4)8-6-15/h9-10,15-16H,5-8,11H2,1-4H3,(H,21,22). The highest BCUT2D eigenvalue weighted by Gasteiger charge is 2.27. The molecule has 1 aromatic carbocycles. The molecule has 0 spiro atoms. The van der Waals surface area contributed by atoms with Gasteiger partial charge in [-0.25, -0.2) is 4.79 Å². The topological polar surface area (TPSA) is 76.1 Å². The second-order valence-electron chi connectivity index (χ2n) is 6.70. The molecule has 1 aromatic rings. The molecule has 0 aliphatic heterocycles. The first kappa shape index (κ1) is 19.2.